The van der Waals surface area contributed by atoms with E-state index < -0.39 is 0 Å². The van der Waals surface area contributed by atoms with Crippen LogP contribution in [0.1, 0.15) is 0 Å². The zero-order valence-corrected chi connectivity index (χ0v) is 23.0. The number of aromatic nitrogens is 2. The molecule has 9 rings (SSSR count). The highest BCUT2D eigenvalue weighted by Gasteiger charge is 2.22. The van der Waals surface area contributed by atoms with Gasteiger partial charge in [-0.15, -0.1) is 11.3 Å². The Bertz CT molecular complexity index is 2390. The van der Waals surface area contributed by atoms with Crippen LogP contribution in [-0.2, 0) is 0 Å². The number of benzene rings is 6. The first kappa shape index (κ1) is 22.7. The first-order valence-corrected chi connectivity index (χ1v) is 14.8. The van der Waals surface area contributed by atoms with Crippen molar-refractivity contribution < 1.29 is 0 Å². The van der Waals surface area contributed by atoms with Crippen LogP contribution in [0.5, 0.6) is 0 Å². The van der Waals surface area contributed by atoms with Crippen LogP contribution in [0.2, 0.25) is 0 Å². The van der Waals surface area contributed by atoms with Crippen LogP contribution in [0, 0.1) is 0 Å². The minimum atomic E-state index is 1.18. The standard InChI is InChI=1S/C38H24N2S/c1-4-12-25(13-5-1)26-20-23-34-32(24-26)29-21-22-31-36-37(41-38(31)35(29)40(34)28-16-8-3-9-17-28)30-18-10-11-19-33(30)39(36)27-14-6-2-7-15-27/h1-24H. The monoisotopic (exact) mass is 540 g/mol. The van der Waals surface area contributed by atoms with E-state index in [1.807, 2.05) is 11.3 Å². The summed E-state index contributed by atoms with van der Waals surface area (Å²) in [4.78, 5) is 0. The highest BCUT2D eigenvalue weighted by molar-refractivity contribution is 7.27. The summed E-state index contributed by atoms with van der Waals surface area (Å²) in [5.41, 5.74) is 9.89. The molecule has 6 aromatic carbocycles. The fraction of sp³-hybridized carbons (Fsp3) is 0. The van der Waals surface area contributed by atoms with E-state index >= 15 is 0 Å². The second kappa shape index (κ2) is 8.69. The molecule has 192 valence electrons. The Balaban J connectivity index is 1.46. The first-order chi connectivity index (χ1) is 20.4. The molecule has 0 fully saturated rings. The molecule has 0 amide bonds. The molecule has 41 heavy (non-hydrogen) atoms. The van der Waals surface area contributed by atoms with Gasteiger partial charge in [-0.2, -0.15) is 0 Å². The molecule has 0 spiro atoms. The average molecular weight is 541 g/mol. The molecular formula is C38H24N2S. The average Bonchev–Trinajstić information content (AvgIpc) is 3.69. The minimum absolute atomic E-state index is 1.18. The molecule has 0 saturated heterocycles. The van der Waals surface area contributed by atoms with Crippen molar-refractivity contribution in [2.45, 2.75) is 0 Å². The van der Waals surface area contributed by atoms with Crippen molar-refractivity contribution in [3.63, 3.8) is 0 Å². The van der Waals surface area contributed by atoms with Gasteiger partial charge in [-0.05, 0) is 53.6 Å². The van der Waals surface area contributed by atoms with Crippen LogP contribution in [0.25, 0.3) is 75.5 Å². The third kappa shape index (κ3) is 3.24. The zero-order valence-electron chi connectivity index (χ0n) is 22.2. The lowest BCUT2D eigenvalue weighted by Gasteiger charge is -2.10. The first-order valence-electron chi connectivity index (χ1n) is 14.0. The molecule has 0 bridgehead atoms. The van der Waals surface area contributed by atoms with Crippen LogP contribution in [-0.4, -0.2) is 9.13 Å². The van der Waals surface area contributed by atoms with Crippen molar-refractivity contribution in [1.29, 1.82) is 0 Å². The zero-order chi connectivity index (χ0) is 26.9. The highest BCUT2D eigenvalue weighted by atomic mass is 32.1. The van der Waals surface area contributed by atoms with Gasteiger partial charge in [0, 0.05) is 32.9 Å². The second-order valence-corrected chi connectivity index (χ2v) is 11.6. The molecule has 0 aliphatic heterocycles. The van der Waals surface area contributed by atoms with Crippen LogP contribution < -0.4 is 0 Å². The van der Waals surface area contributed by atoms with E-state index in [9.17, 15) is 0 Å². The normalized spacial score (nSPS) is 11.9. The van der Waals surface area contributed by atoms with E-state index in [2.05, 4.69) is 155 Å². The quantitative estimate of drug-likeness (QED) is 0.211. The van der Waals surface area contributed by atoms with Gasteiger partial charge < -0.3 is 9.13 Å². The summed E-state index contributed by atoms with van der Waals surface area (Å²) in [5, 5.41) is 5.16. The molecule has 3 heterocycles. The van der Waals surface area contributed by atoms with E-state index in [-0.39, 0.29) is 0 Å². The van der Waals surface area contributed by atoms with Gasteiger partial charge in [0.05, 0.1) is 31.5 Å². The predicted molar refractivity (Wildman–Crippen MR) is 176 cm³/mol. The fourth-order valence-electron chi connectivity index (χ4n) is 6.53. The van der Waals surface area contributed by atoms with Crippen molar-refractivity contribution in [2.75, 3.05) is 0 Å². The maximum atomic E-state index is 2.46. The van der Waals surface area contributed by atoms with Crippen molar-refractivity contribution in [3.05, 3.63) is 146 Å². The van der Waals surface area contributed by atoms with E-state index in [1.54, 1.807) is 0 Å². The molecule has 3 heteroatoms. The van der Waals surface area contributed by atoms with Crippen LogP contribution >= 0.6 is 11.3 Å². The molecule has 0 N–H and O–H groups in total. The number of rotatable bonds is 3. The number of fused-ring (bicyclic) bond motifs is 9. The predicted octanol–water partition coefficient (Wildman–Crippen LogP) is 10.8. The second-order valence-electron chi connectivity index (χ2n) is 10.6. The number of para-hydroxylation sites is 3. The summed E-state index contributed by atoms with van der Waals surface area (Å²) < 4.78 is 7.57. The molecule has 3 aromatic heterocycles. The fourth-order valence-corrected chi connectivity index (χ4v) is 7.88. The summed E-state index contributed by atoms with van der Waals surface area (Å²) in [6, 6.07) is 52.6. The van der Waals surface area contributed by atoms with Gasteiger partial charge in [0.1, 0.15) is 0 Å². The van der Waals surface area contributed by atoms with Crippen LogP contribution in [0.3, 0.4) is 0 Å². The minimum Gasteiger partial charge on any atom is -0.308 e. The van der Waals surface area contributed by atoms with Gasteiger partial charge in [-0.25, -0.2) is 0 Å². The van der Waals surface area contributed by atoms with Crippen LogP contribution in [0.15, 0.2) is 146 Å². The Morgan fingerprint density at radius 2 is 0.902 bits per heavy atom. The smallest absolute Gasteiger partial charge is 0.0728 e. The Hall–Kier alpha value is -5.12. The van der Waals surface area contributed by atoms with Gasteiger partial charge in [0.2, 0.25) is 0 Å². The summed E-state index contributed by atoms with van der Waals surface area (Å²) >= 11 is 1.92. The van der Waals surface area contributed by atoms with Crippen molar-refractivity contribution in [3.8, 4) is 22.5 Å². The molecule has 0 aliphatic carbocycles. The Labute approximate surface area is 240 Å². The molecular weight excluding hydrogens is 516 g/mol. The van der Waals surface area contributed by atoms with Crippen molar-refractivity contribution >= 4 is 64.3 Å². The highest BCUT2D eigenvalue weighted by Crippen LogP contribution is 2.47. The molecule has 0 unspecified atom stereocenters. The van der Waals surface area contributed by atoms with E-state index in [1.165, 1.54) is 75.5 Å². The summed E-state index contributed by atoms with van der Waals surface area (Å²) in [7, 11) is 0. The number of thiophene rings is 1. The van der Waals surface area contributed by atoms with Crippen molar-refractivity contribution in [1.82, 2.24) is 9.13 Å². The lowest BCUT2D eigenvalue weighted by atomic mass is 10.0. The topological polar surface area (TPSA) is 9.86 Å². The molecule has 9 aromatic rings. The van der Waals surface area contributed by atoms with Gasteiger partial charge in [0.25, 0.3) is 0 Å². The van der Waals surface area contributed by atoms with Gasteiger partial charge in [-0.1, -0.05) is 103 Å². The third-order valence-electron chi connectivity index (χ3n) is 8.31. The Morgan fingerprint density at radius 1 is 0.366 bits per heavy atom. The Morgan fingerprint density at radius 3 is 1.61 bits per heavy atom. The number of hydrogen-bond acceptors (Lipinski definition) is 1. The summed E-state index contributed by atoms with van der Waals surface area (Å²) in [6.45, 7) is 0. The maximum absolute atomic E-state index is 2.46. The number of nitrogens with zero attached hydrogens (tertiary/aromatic N) is 2. The van der Waals surface area contributed by atoms with Gasteiger partial charge >= 0.3 is 0 Å². The largest absolute Gasteiger partial charge is 0.308 e. The van der Waals surface area contributed by atoms with Gasteiger partial charge in [-0.3, -0.25) is 0 Å². The third-order valence-corrected chi connectivity index (χ3v) is 9.54. The van der Waals surface area contributed by atoms with Crippen molar-refractivity contribution in [2.24, 2.45) is 0 Å². The summed E-state index contributed by atoms with van der Waals surface area (Å²) in [6.07, 6.45) is 0. The molecule has 2 nitrogen and oxygen atoms in total. The number of hydrogen-bond donors (Lipinski definition) is 0. The van der Waals surface area contributed by atoms with E-state index in [4.69, 9.17) is 0 Å². The SMILES string of the molecule is c1ccc(-c2ccc3c(c2)c2ccc4c(sc5c6ccccc6n(-c6ccccc6)c45)c2n3-c2ccccc2)cc1. The van der Waals surface area contributed by atoms with Crippen LogP contribution in [0.4, 0.5) is 0 Å². The molecule has 0 aliphatic rings. The molecule has 0 radical (unpaired) electrons. The molecule has 0 atom stereocenters. The summed E-state index contributed by atoms with van der Waals surface area (Å²) in [5.74, 6) is 0. The van der Waals surface area contributed by atoms with E-state index in [0.717, 1.165) is 0 Å². The lowest BCUT2D eigenvalue weighted by Crippen LogP contribution is -1.94. The maximum Gasteiger partial charge on any atom is 0.0728 e. The van der Waals surface area contributed by atoms with E-state index in [0.29, 0.717) is 0 Å². The van der Waals surface area contributed by atoms with Gasteiger partial charge in [0.15, 0.2) is 0 Å². The molecule has 0 saturated carbocycles. The lowest BCUT2D eigenvalue weighted by molar-refractivity contribution is 1.18. The Kier molecular flexibility index (Phi) is 4.80.